The van der Waals surface area contributed by atoms with Crippen LogP contribution < -0.4 is 11.1 Å². The molecular weight excluding hydrogens is 660 g/mol. The summed E-state index contributed by atoms with van der Waals surface area (Å²) in [5, 5.41) is 72.9. The smallest absolute Gasteiger partial charge is 0.159 e. The van der Waals surface area contributed by atoms with E-state index in [-0.39, 0.29) is 49.3 Å². The second kappa shape index (κ2) is 14.8. The topological polar surface area (TPSA) is 190 Å². The number of hydrogen-bond donors (Lipinski definition) is 8. The minimum atomic E-state index is -1.61. The van der Waals surface area contributed by atoms with Crippen molar-refractivity contribution in [1.29, 1.82) is 0 Å². The molecule has 0 aromatic carbocycles. The van der Waals surface area contributed by atoms with E-state index in [0.29, 0.717) is 49.5 Å². The molecule has 0 radical (unpaired) electrons. The van der Waals surface area contributed by atoms with Gasteiger partial charge in [0.1, 0.15) is 12.3 Å². The first-order chi connectivity index (χ1) is 24.7. The van der Waals surface area contributed by atoms with Crippen LogP contribution in [0.1, 0.15) is 130 Å². The lowest BCUT2D eigenvalue weighted by molar-refractivity contribution is -0.703. The van der Waals surface area contributed by atoms with Gasteiger partial charge in [0.05, 0.1) is 42.2 Å². The molecule has 7 aliphatic rings. The number of aliphatic hydroxyl groups excluding tert-OH is 4. The molecule has 2 saturated heterocycles. The molecule has 17 unspecified atom stereocenters. The lowest BCUT2D eigenvalue weighted by Crippen LogP contribution is -2.95. The van der Waals surface area contributed by atoms with Crippen molar-refractivity contribution in [2.75, 3.05) is 13.2 Å². The van der Waals surface area contributed by atoms with Gasteiger partial charge in [-0.3, -0.25) is 10.5 Å². The lowest BCUT2D eigenvalue weighted by Gasteiger charge is -2.62. The molecule has 0 aromatic heterocycles. The largest absolute Gasteiger partial charge is 0.396 e. The first-order valence-electron chi connectivity index (χ1n) is 21.3. The highest BCUT2D eigenvalue weighted by atomic mass is 16.5. The molecule has 17 atom stereocenters. The summed E-state index contributed by atoms with van der Waals surface area (Å²) in [6, 6.07) is 0. The van der Waals surface area contributed by atoms with Crippen molar-refractivity contribution in [2.24, 2.45) is 58.0 Å². The van der Waals surface area contributed by atoms with Gasteiger partial charge in [-0.25, -0.2) is 0 Å². The maximum Gasteiger partial charge on any atom is 0.159 e. The van der Waals surface area contributed by atoms with Gasteiger partial charge in [0.15, 0.2) is 5.78 Å². The van der Waals surface area contributed by atoms with E-state index in [9.17, 15) is 35.4 Å². The van der Waals surface area contributed by atoms with Gasteiger partial charge in [0.25, 0.3) is 0 Å². The SMILES string of the molecule is CCCC1CCC2OC(C(O)C(C)(O)C3CCC4(O)C5=CC(=O)C6CC(O)C(O)CC6(CCC6CCC(N)[NH2+]C6)C5CCC34CCO)C(C)C2CC1. The predicted molar refractivity (Wildman–Crippen MR) is 196 cm³/mol. The third kappa shape index (κ3) is 6.30. The number of piperidine rings is 1. The Morgan fingerprint density at radius 1 is 1.00 bits per heavy atom. The summed E-state index contributed by atoms with van der Waals surface area (Å²) in [4.78, 5) is 14.3. The van der Waals surface area contributed by atoms with E-state index < -0.39 is 58.3 Å². The number of ketones is 1. The Balaban J connectivity index is 1.17. The number of rotatable bonds is 10. The highest BCUT2D eigenvalue weighted by Gasteiger charge is 2.71. The molecule has 4 saturated carbocycles. The number of hydrogen-bond acceptors (Lipinski definition) is 9. The Kier molecular flexibility index (Phi) is 11.2. The molecule has 0 aromatic rings. The van der Waals surface area contributed by atoms with Crippen molar-refractivity contribution >= 4 is 5.78 Å². The Morgan fingerprint density at radius 2 is 1.75 bits per heavy atom. The van der Waals surface area contributed by atoms with Crippen LogP contribution in [0.4, 0.5) is 0 Å². The second-order valence-corrected chi connectivity index (χ2v) is 19.3. The Hall–Kier alpha value is -0.950. The minimum absolute atomic E-state index is 0.0739. The van der Waals surface area contributed by atoms with E-state index in [0.717, 1.165) is 57.4 Å². The molecule has 10 heteroatoms. The van der Waals surface area contributed by atoms with Gasteiger partial charge >= 0.3 is 0 Å². The first kappa shape index (κ1) is 39.3. The maximum absolute atomic E-state index is 14.3. The molecular formula is C42H71N2O8+. The van der Waals surface area contributed by atoms with Crippen LogP contribution in [-0.2, 0) is 9.53 Å². The number of fused-ring (bicyclic) bond motifs is 6. The van der Waals surface area contributed by atoms with Gasteiger partial charge in [-0.05, 0) is 137 Å². The summed E-state index contributed by atoms with van der Waals surface area (Å²) < 4.78 is 6.69. The summed E-state index contributed by atoms with van der Waals surface area (Å²) in [5.74, 6) is 0.370. The van der Waals surface area contributed by atoms with E-state index in [2.05, 4.69) is 19.2 Å². The Morgan fingerprint density at radius 3 is 2.46 bits per heavy atom. The average Bonchev–Trinajstić information content (AvgIpc) is 3.51. The van der Waals surface area contributed by atoms with Crippen LogP contribution in [0.2, 0.25) is 0 Å². The molecule has 2 heterocycles. The fraction of sp³-hybridized carbons (Fsp3) is 0.929. The fourth-order valence-corrected chi connectivity index (χ4v) is 14.1. The van der Waals surface area contributed by atoms with Crippen molar-refractivity contribution in [1.82, 2.24) is 0 Å². The monoisotopic (exact) mass is 732 g/mol. The van der Waals surface area contributed by atoms with Crippen LogP contribution in [0, 0.1) is 52.3 Å². The standard InChI is InChI=1S/C42H70N2O8/c1-4-5-25-6-9-27-24(2)37(52-34(27)10-7-25)38(49)39(3,50)35-14-17-42(51)29-20-31(46)30-21-32(47)33(48)22-40(30,15-12-26-8-11-36(43)44-23-26)28(29)13-16-41(35,42)18-19-45/h20,24-28,30,32-38,44-45,47-51H,4-19,21-23,43H2,1-3H3/p+1. The highest BCUT2D eigenvalue weighted by molar-refractivity contribution is 5.95. The van der Waals surface area contributed by atoms with Crippen LogP contribution in [0.5, 0.6) is 0 Å². The third-order valence-corrected chi connectivity index (χ3v) is 16.9. The number of quaternary nitrogens is 1. The van der Waals surface area contributed by atoms with Crippen LogP contribution in [0.25, 0.3) is 0 Å². The summed E-state index contributed by atoms with van der Waals surface area (Å²) in [7, 11) is 0. The summed E-state index contributed by atoms with van der Waals surface area (Å²) in [5.41, 5.74) is 2.24. The maximum atomic E-state index is 14.3. The summed E-state index contributed by atoms with van der Waals surface area (Å²) in [6.45, 7) is 6.87. The quantitative estimate of drug-likeness (QED) is 0.167. The molecule has 10 nitrogen and oxygen atoms in total. The fourth-order valence-electron chi connectivity index (χ4n) is 14.1. The number of carbonyl (C=O) groups is 1. The van der Waals surface area contributed by atoms with Gasteiger partial charge in [-0.15, -0.1) is 0 Å². The lowest BCUT2D eigenvalue weighted by atomic mass is 9.43. The number of ether oxygens (including phenoxy) is 1. The molecule has 0 amide bonds. The number of allylic oxidation sites excluding steroid dienone is 1. The van der Waals surface area contributed by atoms with Gasteiger partial charge in [-0.1, -0.05) is 33.1 Å². The van der Waals surface area contributed by atoms with Crippen LogP contribution >= 0.6 is 0 Å². The number of aliphatic hydroxyl groups is 6. The van der Waals surface area contributed by atoms with E-state index in [1.807, 2.05) is 0 Å². The second-order valence-electron chi connectivity index (χ2n) is 19.3. The van der Waals surface area contributed by atoms with Crippen LogP contribution in [0.3, 0.4) is 0 Å². The highest BCUT2D eigenvalue weighted by Crippen LogP contribution is 2.71. The molecule has 52 heavy (non-hydrogen) atoms. The van der Waals surface area contributed by atoms with Gasteiger partial charge in [-0.2, -0.15) is 0 Å². The number of carbonyl (C=O) groups excluding carboxylic acids is 1. The molecule has 296 valence electrons. The summed E-state index contributed by atoms with van der Waals surface area (Å²) in [6.07, 6.45) is 11.3. The van der Waals surface area contributed by atoms with E-state index >= 15 is 0 Å². The molecule has 0 spiro atoms. The first-order valence-corrected chi connectivity index (χ1v) is 21.3. The van der Waals surface area contributed by atoms with E-state index in [1.165, 1.54) is 19.3 Å². The molecule has 6 fully saturated rings. The van der Waals surface area contributed by atoms with Gasteiger partial charge in [0.2, 0.25) is 0 Å². The van der Waals surface area contributed by atoms with E-state index in [4.69, 9.17) is 10.5 Å². The van der Waals surface area contributed by atoms with Crippen molar-refractivity contribution in [2.45, 2.75) is 178 Å². The molecule has 5 aliphatic carbocycles. The molecule has 0 bridgehead atoms. The van der Waals surface area contributed by atoms with Crippen molar-refractivity contribution in [3.8, 4) is 0 Å². The Bertz CT molecular complexity index is 1320. The number of nitrogens with two attached hydrogens (primary N) is 2. The zero-order valence-corrected chi connectivity index (χ0v) is 32.2. The minimum Gasteiger partial charge on any atom is -0.396 e. The van der Waals surface area contributed by atoms with Gasteiger partial charge < -0.3 is 40.7 Å². The van der Waals surface area contributed by atoms with Crippen LogP contribution in [0.15, 0.2) is 11.6 Å². The third-order valence-electron chi connectivity index (χ3n) is 16.9. The zero-order chi connectivity index (χ0) is 37.2. The van der Waals surface area contributed by atoms with Crippen molar-refractivity contribution < 1.29 is 45.5 Å². The molecule has 2 aliphatic heterocycles. The molecule has 10 N–H and O–H groups in total. The van der Waals surface area contributed by atoms with Gasteiger partial charge in [0, 0.05) is 30.3 Å². The Labute approximate surface area is 311 Å². The molecule has 7 rings (SSSR count). The average molecular weight is 732 g/mol. The zero-order valence-electron chi connectivity index (χ0n) is 32.2. The van der Waals surface area contributed by atoms with Crippen LogP contribution in [-0.4, -0.2) is 97.5 Å². The van der Waals surface area contributed by atoms with E-state index in [1.54, 1.807) is 13.0 Å². The normalized spacial score (nSPS) is 49.5. The van der Waals surface area contributed by atoms with Crippen molar-refractivity contribution in [3.05, 3.63) is 11.6 Å². The predicted octanol–water partition coefficient (Wildman–Crippen LogP) is 2.69. The van der Waals surface area contributed by atoms with Crippen molar-refractivity contribution in [3.63, 3.8) is 0 Å². The summed E-state index contributed by atoms with van der Waals surface area (Å²) >= 11 is 0.